The van der Waals surface area contributed by atoms with Crippen LogP contribution in [0.1, 0.15) is 36.9 Å². The number of hydrogen-bond acceptors (Lipinski definition) is 3. The molecule has 1 fully saturated rings. The summed E-state index contributed by atoms with van der Waals surface area (Å²) in [6.45, 7) is 2.04. The lowest BCUT2D eigenvalue weighted by atomic mass is 10.1. The normalized spacial score (nSPS) is 14.4. The highest BCUT2D eigenvalue weighted by molar-refractivity contribution is 5.84. The Hall–Kier alpha value is -2.95. The average Bonchev–Trinajstić information content (AvgIpc) is 3.38. The highest BCUT2D eigenvalue weighted by Crippen LogP contribution is 2.41. The summed E-state index contributed by atoms with van der Waals surface area (Å²) in [5.74, 6) is 0.640. The van der Waals surface area contributed by atoms with Crippen LogP contribution in [0.2, 0.25) is 0 Å². The lowest BCUT2D eigenvalue weighted by Gasteiger charge is -2.13. The van der Waals surface area contributed by atoms with Crippen molar-refractivity contribution >= 4 is 16.6 Å². The van der Waals surface area contributed by atoms with Crippen LogP contribution in [-0.4, -0.2) is 18.9 Å². The Balaban J connectivity index is 1.84. The van der Waals surface area contributed by atoms with Gasteiger partial charge in [-0.05, 0) is 42.9 Å². The lowest BCUT2D eigenvalue weighted by molar-refractivity contribution is 0.906. The van der Waals surface area contributed by atoms with Gasteiger partial charge in [0.1, 0.15) is 5.65 Å². The third-order valence-electron chi connectivity index (χ3n) is 5.02. The molecule has 0 aliphatic heterocycles. The molecule has 0 atom stereocenters. The van der Waals surface area contributed by atoms with Crippen molar-refractivity contribution in [3.05, 3.63) is 70.7 Å². The third kappa shape index (κ3) is 2.27. The first kappa shape index (κ1) is 14.4. The van der Waals surface area contributed by atoms with Gasteiger partial charge < -0.3 is 4.40 Å². The summed E-state index contributed by atoms with van der Waals surface area (Å²) in [6, 6.07) is 10.3. The van der Waals surface area contributed by atoms with E-state index in [1.54, 1.807) is 10.8 Å². The second kappa shape index (κ2) is 5.28. The maximum absolute atomic E-state index is 12.8. The van der Waals surface area contributed by atoms with E-state index in [-0.39, 0.29) is 5.69 Å². The first-order valence-corrected chi connectivity index (χ1v) is 8.73. The van der Waals surface area contributed by atoms with E-state index in [9.17, 15) is 4.79 Å². The van der Waals surface area contributed by atoms with Gasteiger partial charge in [0.25, 0.3) is 0 Å². The summed E-state index contributed by atoms with van der Waals surface area (Å²) < 4.78 is 3.65. The van der Waals surface area contributed by atoms with Gasteiger partial charge in [0, 0.05) is 30.0 Å². The van der Waals surface area contributed by atoms with E-state index in [0.717, 1.165) is 34.4 Å². The molecule has 0 saturated heterocycles. The van der Waals surface area contributed by atoms with Crippen molar-refractivity contribution in [2.24, 2.45) is 0 Å². The van der Waals surface area contributed by atoms with Crippen molar-refractivity contribution in [1.82, 2.24) is 18.9 Å². The van der Waals surface area contributed by atoms with Gasteiger partial charge in [-0.25, -0.2) is 9.78 Å². The fourth-order valence-corrected chi connectivity index (χ4v) is 3.53. The average molecular weight is 330 g/mol. The first-order valence-electron chi connectivity index (χ1n) is 8.73. The number of imidazole rings is 1. The van der Waals surface area contributed by atoms with E-state index in [2.05, 4.69) is 28.2 Å². The Labute approximate surface area is 144 Å². The summed E-state index contributed by atoms with van der Waals surface area (Å²) in [4.78, 5) is 21.5. The molecule has 0 spiro atoms. The molecular formula is C20H18N4O. The Bertz CT molecular complexity index is 1170. The maximum atomic E-state index is 12.8. The Morgan fingerprint density at radius 2 is 2.04 bits per heavy atom. The SMILES string of the molecule is CCc1nc(=O)n(-c2ccn3ccnc3c2)c2cc(C3CC3)ccc12. The van der Waals surface area contributed by atoms with Crippen molar-refractivity contribution in [3.8, 4) is 5.69 Å². The second-order valence-corrected chi connectivity index (χ2v) is 6.66. The molecule has 1 aliphatic rings. The number of pyridine rings is 1. The summed E-state index contributed by atoms with van der Waals surface area (Å²) in [5.41, 5.74) is 4.51. The molecule has 1 saturated carbocycles. The molecule has 4 aromatic rings. The van der Waals surface area contributed by atoms with Crippen LogP contribution in [0, 0.1) is 0 Å². The van der Waals surface area contributed by atoms with Crippen molar-refractivity contribution in [3.63, 3.8) is 0 Å². The molecule has 0 N–H and O–H groups in total. The highest BCUT2D eigenvalue weighted by Gasteiger charge is 2.24. The summed E-state index contributed by atoms with van der Waals surface area (Å²) in [6.07, 6.45) is 8.79. The van der Waals surface area contributed by atoms with Crippen LogP contribution in [0.25, 0.3) is 22.2 Å². The summed E-state index contributed by atoms with van der Waals surface area (Å²) in [5, 5.41) is 1.05. The predicted octanol–water partition coefficient (Wildman–Crippen LogP) is 3.47. The van der Waals surface area contributed by atoms with Crippen molar-refractivity contribution in [1.29, 1.82) is 0 Å². The standard InChI is InChI=1S/C20H18N4O/c1-2-17-16-6-5-14(13-3-4-13)11-18(16)24(20(25)22-17)15-7-9-23-10-8-21-19(23)12-15/h5-13H,2-4H2,1H3. The second-order valence-electron chi connectivity index (χ2n) is 6.66. The van der Waals surface area contributed by atoms with E-state index in [4.69, 9.17) is 0 Å². The van der Waals surface area contributed by atoms with Crippen LogP contribution in [0.4, 0.5) is 0 Å². The van der Waals surface area contributed by atoms with Gasteiger partial charge >= 0.3 is 5.69 Å². The van der Waals surface area contributed by atoms with E-state index in [1.807, 2.05) is 35.9 Å². The van der Waals surface area contributed by atoms with Crippen LogP contribution < -0.4 is 5.69 Å². The molecule has 0 bridgehead atoms. The minimum absolute atomic E-state index is 0.229. The molecule has 25 heavy (non-hydrogen) atoms. The minimum Gasteiger partial charge on any atom is -0.307 e. The quantitative estimate of drug-likeness (QED) is 0.578. The van der Waals surface area contributed by atoms with Crippen LogP contribution in [0.3, 0.4) is 0 Å². The van der Waals surface area contributed by atoms with Gasteiger partial charge in [-0.2, -0.15) is 4.98 Å². The van der Waals surface area contributed by atoms with Crippen molar-refractivity contribution in [2.75, 3.05) is 0 Å². The number of hydrogen-bond donors (Lipinski definition) is 0. The molecule has 0 radical (unpaired) electrons. The molecule has 1 aromatic carbocycles. The van der Waals surface area contributed by atoms with Gasteiger partial charge in [0.05, 0.1) is 16.9 Å². The van der Waals surface area contributed by atoms with Crippen molar-refractivity contribution in [2.45, 2.75) is 32.1 Å². The van der Waals surface area contributed by atoms with Crippen LogP contribution in [0.5, 0.6) is 0 Å². The molecule has 3 heterocycles. The Morgan fingerprint density at radius 1 is 1.16 bits per heavy atom. The monoisotopic (exact) mass is 330 g/mol. The van der Waals surface area contributed by atoms with Crippen LogP contribution >= 0.6 is 0 Å². The topological polar surface area (TPSA) is 52.2 Å². The van der Waals surface area contributed by atoms with Gasteiger partial charge in [-0.15, -0.1) is 0 Å². The lowest BCUT2D eigenvalue weighted by Crippen LogP contribution is -2.23. The van der Waals surface area contributed by atoms with E-state index in [0.29, 0.717) is 5.92 Å². The molecule has 3 aromatic heterocycles. The molecule has 0 unspecified atom stereocenters. The van der Waals surface area contributed by atoms with E-state index >= 15 is 0 Å². The van der Waals surface area contributed by atoms with Gasteiger partial charge in [0.2, 0.25) is 0 Å². The number of aromatic nitrogens is 4. The largest absolute Gasteiger partial charge is 0.352 e. The molecule has 1 aliphatic carbocycles. The Kier molecular flexibility index (Phi) is 3.04. The van der Waals surface area contributed by atoms with Gasteiger partial charge in [-0.1, -0.05) is 19.1 Å². The molecule has 5 rings (SSSR count). The number of rotatable bonds is 3. The Morgan fingerprint density at radius 3 is 2.84 bits per heavy atom. The smallest absolute Gasteiger partial charge is 0.307 e. The van der Waals surface area contributed by atoms with Crippen LogP contribution in [0.15, 0.2) is 53.7 Å². The maximum Gasteiger partial charge on any atom is 0.352 e. The summed E-state index contributed by atoms with van der Waals surface area (Å²) in [7, 11) is 0. The van der Waals surface area contributed by atoms with Gasteiger partial charge in [-0.3, -0.25) is 4.57 Å². The predicted molar refractivity (Wildman–Crippen MR) is 97.4 cm³/mol. The molecule has 5 nitrogen and oxygen atoms in total. The van der Waals surface area contributed by atoms with Crippen molar-refractivity contribution < 1.29 is 0 Å². The zero-order valence-electron chi connectivity index (χ0n) is 14.0. The minimum atomic E-state index is -0.229. The molecule has 124 valence electrons. The number of aryl methyl sites for hydroxylation is 1. The fourth-order valence-electron chi connectivity index (χ4n) is 3.53. The van der Waals surface area contributed by atoms with E-state index < -0.39 is 0 Å². The zero-order chi connectivity index (χ0) is 17.0. The summed E-state index contributed by atoms with van der Waals surface area (Å²) >= 11 is 0. The highest BCUT2D eigenvalue weighted by atomic mass is 16.1. The van der Waals surface area contributed by atoms with E-state index in [1.165, 1.54) is 18.4 Å². The van der Waals surface area contributed by atoms with Crippen LogP contribution in [-0.2, 0) is 6.42 Å². The number of fused-ring (bicyclic) bond motifs is 2. The number of nitrogens with zero attached hydrogens (tertiary/aromatic N) is 4. The molecule has 5 heteroatoms. The van der Waals surface area contributed by atoms with Gasteiger partial charge in [0.15, 0.2) is 0 Å². The number of benzene rings is 1. The molecular weight excluding hydrogens is 312 g/mol. The third-order valence-corrected chi connectivity index (χ3v) is 5.02. The first-order chi connectivity index (χ1) is 12.2. The molecule has 0 amide bonds. The zero-order valence-corrected chi connectivity index (χ0v) is 14.0. The fraction of sp³-hybridized carbons (Fsp3) is 0.250.